The molecule has 0 spiro atoms. The molecule has 1 atom stereocenters. The number of hydrogen-bond acceptors (Lipinski definition) is 3. The fourth-order valence-corrected chi connectivity index (χ4v) is 6.29. The molecule has 1 unspecified atom stereocenters. The van der Waals surface area contributed by atoms with Crippen LogP contribution in [0.15, 0.2) is 115 Å². The summed E-state index contributed by atoms with van der Waals surface area (Å²) in [6, 6.07) is 28.3. The predicted molar refractivity (Wildman–Crippen MR) is 134 cm³/mol. The van der Waals surface area contributed by atoms with Crippen molar-refractivity contribution in [2.45, 2.75) is 12.0 Å². The van der Waals surface area contributed by atoms with Gasteiger partial charge in [0.1, 0.15) is 11.8 Å². The Kier molecular flexibility index (Phi) is 7.25. The molecule has 0 fully saturated rings. The van der Waals surface area contributed by atoms with Crippen LogP contribution in [-0.2, 0) is 4.57 Å². The Morgan fingerprint density at radius 2 is 1.23 bits per heavy atom. The summed E-state index contributed by atoms with van der Waals surface area (Å²) in [5, 5.41) is 3.46. The van der Waals surface area contributed by atoms with Gasteiger partial charge in [0.15, 0.2) is 0 Å². The summed E-state index contributed by atoms with van der Waals surface area (Å²) < 4.78 is 51.8. The predicted octanol–water partition coefficient (Wildman–Crippen LogP) is 5.77. The van der Waals surface area contributed by atoms with Crippen molar-refractivity contribution in [1.82, 2.24) is 5.09 Å². The molecule has 4 rings (SSSR count). The zero-order valence-corrected chi connectivity index (χ0v) is 19.9. The molecule has 0 heterocycles. The van der Waals surface area contributed by atoms with Gasteiger partial charge < -0.3 is 4.74 Å². The zero-order valence-electron chi connectivity index (χ0n) is 19.0. The Labute approximate surface area is 203 Å². The van der Waals surface area contributed by atoms with Gasteiger partial charge in [-0.25, -0.2) is 5.09 Å². The van der Waals surface area contributed by atoms with E-state index in [0.717, 1.165) is 0 Å². The summed E-state index contributed by atoms with van der Waals surface area (Å²) in [5.41, 5.74) is -0.0285. The molecule has 0 aliphatic rings. The van der Waals surface area contributed by atoms with Crippen molar-refractivity contribution in [2.24, 2.45) is 0 Å². The molecule has 4 aromatic rings. The number of methoxy groups -OCH3 is 1. The van der Waals surface area contributed by atoms with Crippen molar-refractivity contribution in [2.75, 3.05) is 7.11 Å². The lowest BCUT2D eigenvalue weighted by Crippen LogP contribution is -2.44. The van der Waals surface area contributed by atoms with Crippen molar-refractivity contribution in [1.29, 1.82) is 0 Å². The van der Waals surface area contributed by atoms with Crippen molar-refractivity contribution in [3.05, 3.63) is 126 Å². The van der Waals surface area contributed by atoms with E-state index in [1.165, 1.54) is 55.6 Å². The lowest BCUT2D eigenvalue weighted by molar-refractivity contribution is -0.0111. The van der Waals surface area contributed by atoms with Crippen molar-refractivity contribution >= 4 is 23.7 Å². The van der Waals surface area contributed by atoms with E-state index in [9.17, 15) is 9.36 Å². The number of Topliss-reactive ketones (excluding diaryl/α,β-unsaturated/α-hetero) is 1. The second-order valence-electron chi connectivity index (χ2n) is 7.93. The molecule has 0 aliphatic carbocycles. The molecule has 7 heteroatoms. The molecule has 4 aromatic carbocycles. The maximum atomic E-state index is 16.0. The fraction of sp³-hybridized carbons (Fsp3) is 0.107. The summed E-state index contributed by atoms with van der Waals surface area (Å²) in [5.74, 6) is -4.81. The van der Waals surface area contributed by atoms with Gasteiger partial charge >= 0.3 is 5.92 Å². The number of nitrogens with one attached hydrogen (secondary N) is 1. The highest BCUT2D eigenvalue weighted by atomic mass is 31.2. The molecule has 0 radical (unpaired) electrons. The van der Waals surface area contributed by atoms with Crippen LogP contribution >= 0.6 is 7.29 Å². The molecular weight excluding hydrogens is 467 g/mol. The van der Waals surface area contributed by atoms with Crippen LogP contribution in [0.4, 0.5) is 8.78 Å². The van der Waals surface area contributed by atoms with E-state index in [4.69, 9.17) is 4.74 Å². The lowest BCUT2D eigenvalue weighted by Gasteiger charge is -2.32. The molecule has 0 bridgehead atoms. The second kappa shape index (κ2) is 10.3. The minimum atomic E-state index is -3.92. The molecule has 35 heavy (non-hydrogen) atoms. The summed E-state index contributed by atoms with van der Waals surface area (Å²) in [4.78, 5) is 13.1. The molecule has 0 amide bonds. The molecule has 4 nitrogen and oxygen atoms in total. The van der Waals surface area contributed by atoms with Crippen LogP contribution in [0.3, 0.4) is 0 Å². The minimum absolute atomic E-state index is 0.104. The number of halogens is 2. The molecular formula is C28H24F2NO3P. The van der Waals surface area contributed by atoms with E-state index in [-0.39, 0.29) is 11.1 Å². The van der Waals surface area contributed by atoms with Gasteiger partial charge in [-0.2, -0.15) is 8.78 Å². The number of carbonyl (C=O) groups is 1. The maximum absolute atomic E-state index is 16.0. The summed E-state index contributed by atoms with van der Waals surface area (Å²) in [7, 11) is -2.34. The van der Waals surface area contributed by atoms with Gasteiger partial charge in [-0.1, -0.05) is 78.9 Å². The van der Waals surface area contributed by atoms with Crippen LogP contribution in [0.2, 0.25) is 0 Å². The van der Waals surface area contributed by atoms with Crippen LogP contribution in [0, 0.1) is 0 Å². The van der Waals surface area contributed by atoms with E-state index in [2.05, 4.69) is 5.09 Å². The molecule has 178 valence electrons. The van der Waals surface area contributed by atoms with Crippen LogP contribution in [0.1, 0.15) is 22.0 Å². The molecule has 0 saturated heterocycles. The Morgan fingerprint density at radius 3 is 1.69 bits per heavy atom. The first kappa shape index (κ1) is 24.5. The summed E-state index contributed by atoms with van der Waals surface area (Å²) in [6.45, 7) is 0. The Morgan fingerprint density at radius 1 is 0.771 bits per heavy atom. The topological polar surface area (TPSA) is 55.4 Å². The van der Waals surface area contributed by atoms with Gasteiger partial charge in [0.2, 0.25) is 13.1 Å². The SMILES string of the molecule is COc1ccc(C(NP(=O)(c2ccccc2)c2ccccc2)C(F)(F)C(=O)c2ccccc2)cc1. The third-order valence-corrected chi connectivity index (χ3v) is 8.37. The number of hydrogen-bond donors (Lipinski definition) is 1. The third kappa shape index (κ3) is 5.09. The van der Waals surface area contributed by atoms with Crippen LogP contribution in [0.5, 0.6) is 5.75 Å². The third-order valence-electron chi connectivity index (χ3n) is 5.70. The standard InChI is InChI=1S/C28H24F2NO3P/c1-34-23-19-17-21(18-20-23)26(28(29,30)27(32)22-11-5-2-6-12-22)31-35(33,24-13-7-3-8-14-24)25-15-9-4-10-16-25/h2-20,26H,1H3,(H,31,33). The van der Waals surface area contributed by atoms with Gasteiger partial charge in [0.05, 0.1) is 7.11 Å². The van der Waals surface area contributed by atoms with E-state index >= 15 is 8.78 Å². The van der Waals surface area contributed by atoms with Crippen LogP contribution < -0.4 is 20.4 Å². The van der Waals surface area contributed by atoms with E-state index in [1.54, 1.807) is 66.7 Å². The van der Waals surface area contributed by atoms with E-state index in [0.29, 0.717) is 16.4 Å². The number of rotatable bonds is 9. The van der Waals surface area contributed by atoms with Crippen LogP contribution in [0.25, 0.3) is 0 Å². The first-order valence-electron chi connectivity index (χ1n) is 11.0. The van der Waals surface area contributed by atoms with Gasteiger partial charge in [-0.05, 0) is 42.0 Å². The highest BCUT2D eigenvalue weighted by Gasteiger charge is 2.50. The fourth-order valence-electron chi connectivity index (χ4n) is 3.83. The van der Waals surface area contributed by atoms with Crippen molar-refractivity contribution < 1.29 is 22.9 Å². The van der Waals surface area contributed by atoms with Gasteiger partial charge in [-0.3, -0.25) is 9.36 Å². The van der Waals surface area contributed by atoms with Gasteiger partial charge in [0.25, 0.3) is 0 Å². The maximum Gasteiger partial charge on any atom is 0.329 e. The average Bonchev–Trinajstić information content (AvgIpc) is 2.92. The first-order valence-corrected chi connectivity index (χ1v) is 12.7. The highest BCUT2D eigenvalue weighted by Crippen LogP contribution is 2.46. The monoisotopic (exact) mass is 491 g/mol. The van der Waals surface area contributed by atoms with Crippen molar-refractivity contribution in [3.63, 3.8) is 0 Å². The Bertz CT molecular complexity index is 1270. The Hall–Kier alpha value is -3.60. The lowest BCUT2D eigenvalue weighted by atomic mass is 9.94. The van der Waals surface area contributed by atoms with Crippen LogP contribution in [-0.4, -0.2) is 18.8 Å². The van der Waals surface area contributed by atoms with E-state index in [1.807, 2.05) is 0 Å². The average molecular weight is 491 g/mol. The minimum Gasteiger partial charge on any atom is -0.497 e. The number of alkyl halides is 2. The highest BCUT2D eigenvalue weighted by molar-refractivity contribution is 7.76. The normalized spacial score (nSPS) is 12.7. The van der Waals surface area contributed by atoms with Crippen molar-refractivity contribution in [3.8, 4) is 5.75 Å². The molecule has 0 aliphatic heterocycles. The smallest absolute Gasteiger partial charge is 0.329 e. The summed E-state index contributed by atoms with van der Waals surface area (Å²) in [6.07, 6.45) is 0. The largest absolute Gasteiger partial charge is 0.497 e. The van der Waals surface area contributed by atoms with Gasteiger partial charge in [-0.15, -0.1) is 0 Å². The quantitative estimate of drug-likeness (QED) is 0.239. The summed E-state index contributed by atoms with van der Waals surface area (Å²) >= 11 is 0. The number of ketones is 1. The molecule has 0 saturated carbocycles. The number of ether oxygens (including phenoxy) is 1. The second-order valence-corrected chi connectivity index (χ2v) is 10.4. The molecule has 0 aromatic heterocycles. The first-order chi connectivity index (χ1) is 16.9. The Balaban J connectivity index is 1.86. The number of carbonyl (C=O) groups excluding carboxylic acids is 1. The zero-order chi connectivity index (χ0) is 24.9. The molecule has 1 N–H and O–H groups in total. The van der Waals surface area contributed by atoms with Gasteiger partial charge in [0, 0.05) is 16.2 Å². The number of benzene rings is 4. The van der Waals surface area contributed by atoms with E-state index < -0.39 is 25.0 Å².